The van der Waals surface area contributed by atoms with E-state index in [-0.39, 0.29) is 11.4 Å². The van der Waals surface area contributed by atoms with Crippen molar-refractivity contribution in [3.8, 4) is 11.1 Å². The number of halogens is 3. The zero-order chi connectivity index (χ0) is 17.3. The third-order valence-corrected chi connectivity index (χ3v) is 4.35. The second-order valence-corrected chi connectivity index (χ2v) is 6.40. The van der Waals surface area contributed by atoms with Gasteiger partial charge in [0.15, 0.2) is 0 Å². The molecular weight excluding hydrogens is 341 g/mol. The van der Waals surface area contributed by atoms with Gasteiger partial charge in [-0.25, -0.2) is 4.98 Å². The van der Waals surface area contributed by atoms with Crippen LogP contribution in [0.15, 0.2) is 35.1 Å². The van der Waals surface area contributed by atoms with E-state index in [9.17, 15) is 18.0 Å². The van der Waals surface area contributed by atoms with Crippen molar-refractivity contribution in [3.05, 3.63) is 51.4 Å². The van der Waals surface area contributed by atoms with E-state index in [1.807, 2.05) is 37.3 Å². The molecule has 0 fully saturated rings. The summed E-state index contributed by atoms with van der Waals surface area (Å²) < 4.78 is 40.9. The van der Waals surface area contributed by atoms with Crippen molar-refractivity contribution in [1.82, 2.24) is 9.97 Å². The molecule has 0 saturated heterocycles. The van der Waals surface area contributed by atoms with Crippen LogP contribution in [0.3, 0.4) is 0 Å². The van der Waals surface area contributed by atoms with Crippen LogP contribution in [0.5, 0.6) is 0 Å². The van der Waals surface area contributed by atoms with Gasteiger partial charge in [0.25, 0.3) is 5.56 Å². The molecule has 0 aliphatic heterocycles. The predicted molar refractivity (Wildman–Crippen MR) is 86.1 cm³/mol. The van der Waals surface area contributed by atoms with Gasteiger partial charge in [0.1, 0.15) is 23.9 Å². The van der Waals surface area contributed by atoms with Gasteiger partial charge in [0.05, 0.1) is 5.39 Å². The SMILES string of the molecule is Cc1sc2nc(COCC(F)(F)F)[nH]c(=O)c2c1-c1ccccc1. The quantitative estimate of drug-likeness (QED) is 0.769. The topological polar surface area (TPSA) is 55.0 Å². The summed E-state index contributed by atoms with van der Waals surface area (Å²) in [6.07, 6.45) is -4.41. The monoisotopic (exact) mass is 354 g/mol. The molecular formula is C16H13F3N2O2S. The molecule has 1 N–H and O–H groups in total. The summed E-state index contributed by atoms with van der Waals surface area (Å²) in [6.45, 7) is 0.101. The Morgan fingerprint density at radius 1 is 1.25 bits per heavy atom. The van der Waals surface area contributed by atoms with Gasteiger partial charge in [0.2, 0.25) is 0 Å². The van der Waals surface area contributed by atoms with Crippen LogP contribution in [0, 0.1) is 6.92 Å². The molecule has 0 atom stereocenters. The number of nitrogens with zero attached hydrogens (tertiary/aromatic N) is 1. The minimum Gasteiger partial charge on any atom is -0.364 e. The van der Waals surface area contributed by atoms with E-state index in [2.05, 4.69) is 14.7 Å². The van der Waals surface area contributed by atoms with Gasteiger partial charge >= 0.3 is 6.18 Å². The highest BCUT2D eigenvalue weighted by Gasteiger charge is 2.27. The molecule has 1 aromatic carbocycles. The van der Waals surface area contributed by atoms with Crippen LogP contribution in [0.4, 0.5) is 13.2 Å². The Morgan fingerprint density at radius 2 is 1.96 bits per heavy atom. The molecule has 0 unspecified atom stereocenters. The van der Waals surface area contributed by atoms with Gasteiger partial charge < -0.3 is 9.72 Å². The molecule has 2 heterocycles. The summed E-state index contributed by atoms with van der Waals surface area (Å²) in [6, 6.07) is 9.42. The van der Waals surface area contributed by atoms with Crippen LogP contribution < -0.4 is 5.56 Å². The second kappa shape index (κ2) is 6.37. The van der Waals surface area contributed by atoms with Crippen LogP contribution in [0.1, 0.15) is 10.7 Å². The third-order valence-electron chi connectivity index (χ3n) is 3.35. The molecule has 126 valence electrons. The van der Waals surface area contributed by atoms with Crippen molar-refractivity contribution in [2.24, 2.45) is 0 Å². The van der Waals surface area contributed by atoms with E-state index in [1.54, 1.807) is 0 Å². The summed E-state index contributed by atoms with van der Waals surface area (Å²) in [5.74, 6) is 0.0811. The molecule has 3 rings (SSSR count). The molecule has 0 saturated carbocycles. The Labute approximate surface area is 138 Å². The molecule has 2 aromatic heterocycles. The number of H-pyrrole nitrogens is 1. The summed E-state index contributed by atoms with van der Waals surface area (Å²) in [4.78, 5) is 20.5. The van der Waals surface area contributed by atoms with E-state index in [0.717, 1.165) is 16.0 Å². The number of alkyl halides is 3. The number of ether oxygens (including phenoxy) is 1. The van der Waals surface area contributed by atoms with Crippen molar-refractivity contribution >= 4 is 21.6 Å². The average molecular weight is 354 g/mol. The summed E-state index contributed by atoms with van der Waals surface area (Å²) >= 11 is 1.33. The van der Waals surface area contributed by atoms with Gasteiger partial charge in [-0.15, -0.1) is 11.3 Å². The first-order chi connectivity index (χ1) is 11.3. The van der Waals surface area contributed by atoms with Crippen LogP contribution in [-0.4, -0.2) is 22.8 Å². The lowest BCUT2D eigenvalue weighted by atomic mass is 10.0. The highest BCUT2D eigenvalue weighted by molar-refractivity contribution is 7.19. The minimum absolute atomic E-state index is 0.0811. The summed E-state index contributed by atoms with van der Waals surface area (Å²) in [5, 5.41) is 0.447. The Kier molecular flexibility index (Phi) is 4.42. The summed E-state index contributed by atoms with van der Waals surface area (Å²) in [5.41, 5.74) is 1.32. The number of aromatic amines is 1. The second-order valence-electron chi connectivity index (χ2n) is 5.20. The molecule has 0 bridgehead atoms. The van der Waals surface area contributed by atoms with E-state index in [0.29, 0.717) is 10.2 Å². The Morgan fingerprint density at radius 3 is 2.62 bits per heavy atom. The molecule has 4 nitrogen and oxygen atoms in total. The molecule has 0 spiro atoms. The Balaban J connectivity index is 1.98. The van der Waals surface area contributed by atoms with Crippen molar-refractivity contribution in [3.63, 3.8) is 0 Å². The van der Waals surface area contributed by atoms with Gasteiger partial charge in [-0.1, -0.05) is 30.3 Å². The maximum Gasteiger partial charge on any atom is 0.411 e. The number of nitrogens with one attached hydrogen (secondary N) is 1. The van der Waals surface area contributed by atoms with Gasteiger partial charge in [-0.05, 0) is 12.5 Å². The van der Waals surface area contributed by atoms with Gasteiger partial charge in [-0.2, -0.15) is 13.2 Å². The number of hydrogen-bond acceptors (Lipinski definition) is 4. The number of fused-ring (bicyclic) bond motifs is 1. The largest absolute Gasteiger partial charge is 0.411 e. The number of hydrogen-bond donors (Lipinski definition) is 1. The standard InChI is InChI=1S/C16H13F3N2O2S/c1-9-12(10-5-3-2-4-6-10)13-14(22)20-11(21-15(13)24-9)7-23-8-16(17,18)19/h2-6H,7-8H2,1H3,(H,20,21,22). The first kappa shape index (κ1) is 16.7. The molecule has 8 heteroatoms. The van der Waals surface area contributed by atoms with Gasteiger partial charge in [0, 0.05) is 10.4 Å². The zero-order valence-corrected chi connectivity index (χ0v) is 13.4. The zero-order valence-electron chi connectivity index (χ0n) is 12.6. The lowest BCUT2D eigenvalue weighted by molar-refractivity contribution is -0.177. The van der Waals surface area contributed by atoms with E-state index < -0.39 is 19.4 Å². The molecule has 0 aliphatic carbocycles. The molecule has 0 radical (unpaired) electrons. The number of benzene rings is 1. The lowest BCUT2D eigenvalue weighted by Crippen LogP contribution is -2.18. The average Bonchev–Trinajstić information content (AvgIpc) is 2.83. The lowest BCUT2D eigenvalue weighted by Gasteiger charge is -2.07. The number of aromatic nitrogens is 2. The number of aryl methyl sites for hydroxylation is 1. The van der Waals surface area contributed by atoms with E-state index in [4.69, 9.17) is 0 Å². The van der Waals surface area contributed by atoms with Gasteiger partial charge in [-0.3, -0.25) is 4.79 Å². The normalized spacial score (nSPS) is 12.0. The van der Waals surface area contributed by atoms with Crippen LogP contribution in [-0.2, 0) is 11.3 Å². The first-order valence-electron chi connectivity index (χ1n) is 7.07. The Hall–Kier alpha value is -2.19. The van der Waals surface area contributed by atoms with Crippen LogP contribution in [0.2, 0.25) is 0 Å². The van der Waals surface area contributed by atoms with Crippen molar-refractivity contribution in [2.45, 2.75) is 19.7 Å². The fourth-order valence-corrected chi connectivity index (χ4v) is 3.51. The van der Waals surface area contributed by atoms with Crippen molar-refractivity contribution in [1.29, 1.82) is 0 Å². The molecule has 24 heavy (non-hydrogen) atoms. The maximum absolute atomic E-state index is 12.4. The van der Waals surface area contributed by atoms with Crippen molar-refractivity contribution in [2.75, 3.05) is 6.61 Å². The molecule has 0 aliphatic rings. The summed E-state index contributed by atoms with van der Waals surface area (Å²) in [7, 11) is 0. The van der Waals surface area contributed by atoms with Crippen LogP contribution in [0.25, 0.3) is 21.3 Å². The molecule has 3 aromatic rings. The fraction of sp³-hybridized carbons (Fsp3) is 0.250. The van der Waals surface area contributed by atoms with E-state index in [1.165, 1.54) is 11.3 Å². The molecule has 0 amide bonds. The minimum atomic E-state index is -4.41. The highest BCUT2D eigenvalue weighted by Crippen LogP contribution is 2.35. The van der Waals surface area contributed by atoms with Crippen molar-refractivity contribution < 1.29 is 17.9 Å². The van der Waals surface area contributed by atoms with Crippen LogP contribution >= 0.6 is 11.3 Å². The first-order valence-corrected chi connectivity index (χ1v) is 7.89. The van der Waals surface area contributed by atoms with E-state index >= 15 is 0 Å². The Bertz CT molecular complexity index is 917. The third kappa shape index (κ3) is 3.49. The number of thiophene rings is 1. The maximum atomic E-state index is 12.4. The fourth-order valence-electron chi connectivity index (χ4n) is 2.45. The predicted octanol–water partition coefficient (Wildman–Crippen LogP) is 4.04. The smallest absolute Gasteiger partial charge is 0.364 e. The number of rotatable bonds is 4. The highest BCUT2D eigenvalue weighted by atomic mass is 32.1.